The fraction of sp³-hybridized carbons (Fsp3) is 0.174. The van der Waals surface area contributed by atoms with Crippen LogP contribution in [0, 0.1) is 11.3 Å². The maximum atomic E-state index is 9.10. The number of hydrogen-bond donors (Lipinski definition) is 1. The van der Waals surface area contributed by atoms with Crippen molar-refractivity contribution < 1.29 is 9.47 Å². The second kappa shape index (κ2) is 9.82. The lowest BCUT2D eigenvalue weighted by molar-refractivity contribution is 0.303. The first-order chi connectivity index (χ1) is 13.7. The van der Waals surface area contributed by atoms with Crippen molar-refractivity contribution in [2.24, 2.45) is 0 Å². The summed E-state index contributed by atoms with van der Waals surface area (Å²) in [5.41, 5.74) is 3.56. The molecule has 0 aliphatic heterocycles. The summed E-state index contributed by atoms with van der Waals surface area (Å²) in [6, 6.07) is 23.6. The predicted octanol–water partition coefficient (Wildman–Crippen LogP) is 5.91. The fourth-order valence-corrected chi connectivity index (χ4v) is 3.17. The van der Waals surface area contributed by atoms with Gasteiger partial charge in [0.25, 0.3) is 0 Å². The van der Waals surface area contributed by atoms with E-state index in [2.05, 4.69) is 27.3 Å². The molecule has 0 fully saturated rings. The number of nitrogens with zero attached hydrogens (tertiary/aromatic N) is 1. The van der Waals surface area contributed by atoms with Gasteiger partial charge >= 0.3 is 0 Å². The van der Waals surface area contributed by atoms with Gasteiger partial charge in [-0.25, -0.2) is 0 Å². The van der Waals surface area contributed by atoms with Gasteiger partial charge in [0, 0.05) is 22.6 Å². The van der Waals surface area contributed by atoms with Crippen LogP contribution in [0.15, 0.2) is 71.2 Å². The van der Waals surface area contributed by atoms with E-state index in [4.69, 9.17) is 14.7 Å². The van der Waals surface area contributed by atoms with E-state index in [-0.39, 0.29) is 0 Å². The molecule has 0 aliphatic rings. The smallest absolute Gasteiger partial charge is 0.143 e. The van der Waals surface area contributed by atoms with Gasteiger partial charge in [0.05, 0.1) is 23.9 Å². The molecule has 0 unspecified atom stereocenters. The van der Waals surface area contributed by atoms with Crippen molar-refractivity contribution in [1.82, 2.24) is 0 Å². The molecule has 0 aliphatic carbocycles. The maximum absolute atomic E-state index is 9.10. The van der Waals surface area contributed by atoms with Crippen LogP contribution < -0.4 is 14.8 Å². The Balaban J connectivity index is 1.75. The Hall–Kier alpha value is -2.97. The first kappa shape index (κ1) is 19.8. The Morgan fingerprint density at radius 3 is 2.54 bits per heavy atom. The highest BCUT2D eigenvalue weighted by atomic mass is 79.9. The number of rotatable bonds is 8. The molecule has 142 valence electrons. The summed E-state index contributed by atoms with van der Waals surface area (Å²) in [5, 5.41) is 12.5. The third-order valence-corrected chi connectivity index (χ3v) is 4.63. The van der Waals surface area contributed by atoms with E-state index in [1.165, 1.54) is 0 Å². The monoisotopic (exact) mass is 436 g/mol. The molecule has 0 atom stereocenters. The van der Waals surface area contributed by atoms with Gasteiger partial charge < -0.3 is 14.8 Å². The van der Waals surface area contributed by atoms with Crippen LogP contribution in [-0.2, 0) is 13.2 Å². The third kappa shape index (κ3) is 5.28. The molecule has 0 aromatic heterocycles. The minimum Gasteiger partial charge on any atom is -0.492 e. The molecule has 5 heteroatoms. The van der Waals surface area contributed by atoms with Crippen LogP contribution in [0.5, 0.6) is 11.5 Å². The van der Waals surface area contributed by atoms with E-state index >= 15 is 0 Å². The topological polar surface area (TPSA) is 54.3 Å². The second-order valence-electron chi connectivity index (χ2n) is 6.14. The van der Waals surface area contributed by atoms with Gasteiger partial charge in [-0.05, 0) is 42.8 Å². The normalized spacial score (nSPS) is 10.2. The van der Waals surface area contributed by atoms with Gasteiger partial charge in [-0.1, -0.05) is 46.3 Å². The Bertz CT molecular complexity index is 968. The van der Waals surface area contributed by atoms with Gasteiger partial charge in [0.15, 0.2) is 0 Å². The molecule has 0 saturated heterocycles. The molecule has 0 heterocycles. The SMILES string of the molecule is CCOc1cc(C#N)ccc1NCc1cc(Br)ccc1OCc1ccccc1. The van der Waals surface area contributed by atoms with E-state index in [0.717, 1.165) is 27.0 Å². The quantitative estimate of drug-likeness (QED) is 0.476. The molecule has 3 aromatic rings. The average molecular weight is 437 g/mol. The molecule has 3 aromatic carbocycles. The summed E-state index contributed by atoms with van der Waals surface area (Å²) in [6.07, 6.45) is 0. The summed E-state index contributed by atoms with van der Waals surface area (Å²) in [4.78, 5) is 0. The van der Waals surface area contributed by atoms with E-state index in [9.17, 15) is 0 Å². The second-order valence-corrected chi connectivity index (χ2v) is 7.05. The van der Waals surface area contributed by atoms with Crippen molar-refractivity contribution in [2.75, 3.05) is 11.9 Å². The van der Waals surface area contributed by atoms with Crippen LogP contribution in [-0.4, -0.2) is 6.61 Å². The maximum Gasteiger partial charge on any atom is 0.143 e. The van der Waals surface area contributed by atoms with Crippen molar-refractivity contribution in [3.8, 4) is 17.6 Å². The van der Waals surface area contributed by atoms with Crippen LogP contribution in [0.3, 0.4) is 0 Å². The molecule has 1 N–H and O–H groups in total. The third-order valence-electron chi connectivity index (χ3n) is 4.14. The molecule has 0 spiro atoms. The van der Waals surface area contributed by atoms with Crippen LogP contribution in [0.1, 0.15) is 23.6 Å². The van der Waals surface area contributed by atoms with Gasteiger partial charge in [-0.2, -0.15) is 5.26 Å². The number of benzene rings is 3. The van der Waals surface area contributed by atoms with Gasteiger partial charge in [0.1, 0.15) is 18.1 Å². The van der Waals surface area contributed by atoms with Crippen LogP contribution in [0.4, 0.5) is 5.69 Å². The zero-order chi connectivity index (χ0) is 19.8. The lowest BCUT2D eigenvalue weighted by Gasteiger charge is -2.16. The van der Waals surface area contributed by atoms with E-state index in [0.29, 0.717) is 31.1 Å². The summed E-state index contributed by atoms with van der Waals surface area (Å²) in [7, 11) is 0. The number of hydrogen-bond acceptors (Lipinski definition) is 4. The summed E-state index contributed by atoms with van der Waals surface area (Å²) < 4.78 is 12.7. The van der Waals surface area contributed by atoms with E-state index < -0.39 is 0 Å². The van der Waals surface area contributed by atoms with Crippen molar-refractivity contribution in [1.29, 1.82) is 5.26 Å². The molecule has 0 bridgehead atoms. The number of halogens is 1. The molecular formula is C23H21BrN2O2. The molecule has 4 nitrogen and oxygen atoms in total. The van der Waals surface area contributed by atoms with E-state index in [1.807, 2.05) is 61.5 Å². The summed E-state index contributed by atoms with van der Waals surface area (Å²) >= 11 is 3.53. The van der Waals surface area contributed by atoms with Crippen molar-refractivity contribution in [2.45, 2.75) is 20.1 Å². The summed E-state index contributed by atoms with van der Waals surface area (Å²) in [5.74, 6) is 1.49. The Morgan fingerprint density at radius 2 is 1.79 bits per heavy atom. The zero-order valence-corrected chi connectivity index (χ0v) is 17.2. The minimum atomic E-state index is 0.510. The van der Waals surface area contributed by atoms with Crippen LogP contribution in [0.2, 0.25) is 0 Å². The van der Waals surface area contributed by atoms with Crippen LogP contribution >= 0.6 is 15.9 Å². The Kier molecular flexibility index (Phi) is 6.94. The molecule has 0 saturated carbocycles. The Morgan fingerprint density at radius 1 is 0.964 bits per heavy atom. The standard InChI is InChI=1S/C23H21BrN2O2/c1-2-27-23-12-18(14-25)8-10-21(23)26-15-19-13-20(24)9-11-22(19)28-16-17-6-4-3-5-7-17/h3-13,26H,2,15-16H2,1H3. The lowest BCUT2D eigenvalue weighted by Crippen LogP contribution is -2.05. The molecule has 28 heavy (non-hydrogen) atoms. The van der Waals surface area contributed by atoms with Gasteiger partial charge in [-0.3, -0.25) is 0 Å². The molecular weight excluding hydrogens is 416 g/mol. The number of anilines is 1. The largest absolute Gasteiger partial charge is 0.492 e. The molecule has 3 rings (SSSR count). The van der Waals surface area contributed by atoms with Gasteiger partial charge in [0.2, 0.25) is 0 Å². The highest BCUT2D eigenvalue weighted by Gasteiger charge is 2.09. The number of ether oxygens (including phenoxy) is 2. The van der Waals surface area contributed by atoms with Gasteiger partial charge in [-0.15, -0.1) is 0 Å². The zero-order valence-electron chi connectivity index (χ0n) is 15.6. The van der Waals surface area contributed by atoms with Crippen molar-refractivity contribution in [3.63, 3.8) is 0 Å². The van der Waals surface area contributed by atoms with E-state index in [1.54, 1.807) is 12.1 Å². The van der Waals surface area contributed by atoms with Crippen LogP contribution in [0.25, 0.3) is 0 Å². The average Bonchev–Trinajstić information content (AvgIpc) is 2.73. The fourth-order valence-electron chi connectivity index (χ4n) is 2.77. The molecule has 0 amide bonds. The number of nitrogens with one attached hydrogen (secondary N) is 1. The lowest BCUT2D eigenvalue weighted by atomic mass is 10.1. The van der Waals surface area contributed by atoms with Crippen molar-refractivity contribution >= 4 is 21.6 Å². The summed E-state index contributed by atoms with van der Waals surface area (Å²) in [6.45, 7) is 3.53. The first-order valence-electron chi connectivity index (χ1n) is 9.05. The van der Waals surface area contributed by atoms with Crippen molar-refractivity contribution in [3.05, 3.63) is 87.9 Å². The highest BCUT2D eigenvalue weighted by Crippen LogP contribution is 2.29. The predicted molar refractivity (Wildman–Crippen MR) is 115 cm³/mol. The molecule has 0 radical (unpaired) electrons. The first-order valence-corrected chi connectivity index (χ1v) is 9.85. The Labute approximate surface area is 173 Å². The minimum absolute atomic E-state index is 0.510. The highest BCUT2D eigenvalue weighted by molar-refractivity contribution is 9.10. The number of nitriles is 1.